The number of rotatable bonds is 1. The smallest absolute Gasteiger partial charge is 0.235 e. The summed E-state index contributed by atoms with van der Waals surface area (Å²) in [4.78, 5) is 15.0. The van der Waals surface area contributed by atoms with Crippen molar-refractivity contribution in [2.75, 3.05) is 6.54 Å². The number of carbonyl (C=O) groups excluding carboxylic acids is 1. The largest absolute Gasteiger partial charge is 0.333 e. The molecular formula is C9H11N3O. The second kappa shape index (κ2) is 2.81. The second-order valence-electron chi connectivity index (χ2n) is 3.27. The predicted octanol–water partition coefficient (Wildman–Crippen LogP) is -0.0263. The quantitative estimate of drug-likeness (QED) is 0.633. The van der Waals surface area contributed by atoms with E-state index in [1.807, 2.05) is 19.1 Å². The Morgan fingerprint density at radius 2 is 2.46 bits per heavy atom. The molecule has 1 unspecified atom stereocenters. The molecule has 2 rings (SSSR count). The van der Waals surface area contributed by atoms with Crippen molar-refractivity contribution in [3.8, 4) is 0 Å². The van der Waals surface area contributed by atoms with Gasteiger partial charge >= 0.3 is 0 Å². The van der Waals surface area contributed by atoms with Crippen molar-refractivity contribution in [3.05, 3.63) is 30.1 Å². The van der Waals surface area contributed by atoms with Gasteiger partial charge in [0.2, 0.25) is 5.91 Å². The zero-order valence-electron chi connectivity index (χ0n) is 7.37. The van der Waals surface area contributed by atoms with Crippen molar-refractivity contribution in [3.63, 3.8) is 0 Å². The van der Waals surface area contributed by atoms with E-state index in [4.69, 9.17) is 0 Å². The number of aromatic nitrogens is 1. The van der Waals surface area contributed by atoms with Crippen LogP contribution in [0.4, 0.5) is 0 Å². The van der Waals surface area contributed by atoms with Gasteiger partial charge in [0.15, 0.2) is 0 Å². The lowest BCUT2D eigenvalue weighted by atomic mass is 10.1. The Labute approximate surface area is 76.4 Å². The lowest BCUT2D eigenvalue weighted by Gasteiger charge is -2.24. The summed E-state index contributed by atoms with van der Waals surface area (Å²) in [5.74, 6) is 0.0198. The number of carbonyl (C=O) groups is 1. The average Bonchev–Trinajstić information content (AvgIpc) is 2.49. The van der Waals surface area contributed by atoms with Crippen LogP contribution in [0.5, 0.6) is 0 Å². The summed E-state index contributed by atoms with van der Waals surface area (Å²) in [6, 6.07) is 3.79. The Bertz CT molecular complexity index is 325. The van der Waals surface area contributed by atoms with E-state index in [2.05, 4.69) is 15.6 Å². The maximum atomic E-state index is 11.0. The monoisotopic (exact) mass is 177 g/mol. The molecular weight excluding hydrogens is 166 g/mol. The van der Waals surface area contributed by atoms with Crippen LogP contribution in [0.1, 0.15) is 12.5 Å². The molecule has 1 aromatic heterocycles. The minimum Gasteiger partial charge on any atom is -0.333 e. The summed E-state index contributed by atoms with van der Waals surface area (Å²) in [7, 11) is 0. The first-order valence-electron chi connectivity index (χ1n) is 4.17. The highest BCUT2D eigenvalue weighted by Crippen LogP contribution is 2.18. The predicted molar refractivity (Wildman–Crippen MR) is 47.7 cm³/mol. The molecule has 2 heterocycles. The van der Waals surface area contributed by atoms with Crippen LogP contribution < -0.4 is 10.6 Å². The highest BCUT2D eigenvalue weighted by Gasteiger charge is 2.33. The maximum Gasteiger partial charge on any atom is 0.235 e. The van der Waals surface area contributed by atoms with E-state index in [9.17, 15) is 4.79 Å². The SMILES string of the molecule is CC1(c2cccnc2)NCC(=O)N1. The fraction of sp³-hybridized carbons (Fsp3) is 0.333. The fourth-order valence-corrected chi connectivity index (χ4v) is 1.46. The van der Waals surface area contributed by atoms with Crippen LogP contribution in [0.2, 0.25) is 0 Å². The molecule has 2 N–H and O–H groups in total. The molecule has 0 saturated carbocycles. The van der Waals surface area contributed by atoms with E-state index in [0.29, 0.717) is 6.54 Å². The molecule has 0 spiro atoms. The van der Waals surface area contributed by atoms with Crippen LogP contribution in [0.15, 0.2) is 24.5 Å². The Hall–Kier alpha value is -1.42. The summed E-state index contributed by atoms with van der Waals surface area (Å²) in [5, 5.41) is 5.95. The average molecular weight is 177 g/mol. The lowest BCUT2D eigenvalue weighted by molar-refractivity contribution is -0.118. The first-order valence-corrected chi connectivity index (χ1v) is 4.17. The first kappa shape index (κ1) is 8.19. The molecule has 13 heavy (non-hydrogen) atoms. The van der Waals surface area contributed by atoms with Gasteiger partial charge in [-0.25, -0.2) is 0 Å². The van der Waals surface area contributed by atoms with Crippen LogP contribution in [0.25, 0.3) is 0 Å². The van der Waals surface area contributed by atoms with Crippen molar-refractivity contribution in [1.82, 2.24) is 15.6 Å². The van der Waals surface area contributed by atoms with E-state index < -0.39 is 5.66 Å². The van der Waals surface area contributed by atoms with Gasteiger partial charge in [0.05, 0.1) is 6.54 Å². The molecule has 0 aliphatic carbocycles. The lowest BCUT2D eigenvalue weighted by Crippen LogP contribution is -2.43. The fourth-order valence-electron chi connectivity index (χ4n) is 1.46. The zero-order valence-corrected chi connectivity index (χ0v) is 7.37. The summed E-state index contributed by atoms with van der Waals surface area (Å²) >= 11 is 0. The minimum atomic E-state index is -0.453. The van der Waals surface area contributed by atoms with E-state index in [-0.39, 0.29) is 5.91 Å². The summed E-state index contributed by atoms with van der Waals surface area (Å²) in [6.07, 6.45) is 3.46. The van der Waals surface area contributed by atoms with Crippen molar-refractivity contribution in [2.24, 2.45) is 0 Å². The van der Waals surface area contributed by atoms with Crippen LogP contribution >= 0.6 is 0 Å². The van der Waals surface area contributed by atoms with Crippen molar-refractivity contribution >= 4 is 5.91 Å². The molecule has 1 atom stereocenters. The molecule has 1 aliphatic heterocycles. The molecule has 0 radical (unpaired) electrons. The summed E-state index contributed by atoms with van der Waals surface area (Å²) < 4.78 is 0. The zero-order chi connectivity index (χ0) is 9.31. The van der Waals surface area contributed by atoms with E-state index >= 15 is 0 Å². The first-order chi connectivity index (χ1) is 6.21. The van der Waals surface area contributed by atoms with Crippen molar-refractivity contribution in [2.45, 2.75) is 12.6 Å². The highest BCUT2D eigenvalue weighted by molar-refractivity contribution is 5.81. The summed E-state index contributed by atoms with van der Waals surface area (Å²) in [5.41, 5.74) is 0.520. The van der Waals surface area contributed by atoms with Gasteiger partial charge in [0, 0.05) is 18.0 Å². The van der Waals surface area contributed by atoms with Crippen molar-refractivity contribution < 1.29 is 4.79 Å². The maximum absolute atomic E-state index is 11.0. The standard InChI is InChI=1S/C9H11N3O/c1-9(11-6-8(13)12-9)7-3-2-4-10-5-7/h2-5,11H,6H2,1H3,(H,12,13). The summed E-state index contributed by atoms with van der Waals surface area (Å²) in [6.45, 7) is 2.29. The molecule has 0 aromatic carbocycles. The number of nitrogens with zero attached hydrogens (tertiary/aromatic N) is 1. The van der Waals surface area contributed by atoms with Gasteiger partial charge in [-0.15, -0.1) is 0 Å². The van der Waals surface area contributed by atoms with Crippen LogP contribution in [-0.4, -0.2) is 17.4 Å². The molecule has 0 bridgehead atoms. The molecule has 1 aliphatic rings. The third-order valence-corrected chi connectivity index (χ3v) is 2.23. The Morgan fingerprint density at radius 3 is 3.00 bits per heavy atom. The Balaban J connectivity index is 2.31. The minimum absolute atomic E-state index is 0.0198. The third-order valence-electron chi connectivity index (χ3n) is 2.23. The van der Waals surface area contributed by atoms with Crippen LogP contribution in [0.3, 0.4) is 0 Å². The molecule has 4 heteroatoms. The Morgan fingerprint density at radius 1 is 1.62 bits per heavy atom. The van der Waals surface area contributed by atoms with Gasteiger partial charge in [0.1, 0.15) is 5.66 Å². The van der Waals surface area contributed by atoms with Gasteiger partial charge in [-0.1, -0.05) is 6.07 Å². The van der Waals surface area contributed by atoms with Gasteiger partial charge < -0.3 is 5.32 Å². The topological polar surface area (TPSA) is 54.0 Å². The van der Waals surface area contributed by atoms with Gasteiger partial charge in [0.25, 0.3) is 0 Å². The molecule has 1 saturated heterocycles. The molecule has 1 fully saturated rings. The molecule has 1 aromatic rings. The number of nitrogens with one attached hydrogen (secondary N) is 2. The molecule has 68 valence electrons. The van der Waals surface area contributed by atoms with Gasteiger partial charge in [-0.3, -0.25) is 15.1 Å². The van der Waals surface area contributed by atoms with Gasteiger partial charge in [-0.2, -0.15) is 0 Å². The second-order valence-corrected chi connectivity index (χ2v) is 3.27. The normalized spacial score (nSPS) is 27.3. The highest BCUT2D eigenvalue weighted by atomic mass is 16.2. The van der Waals surface area contributed by atoms with Gasteiger partial charge in [-0.05, 0) is 13.0 Å². The molecule has 1 amide bonds. The molecule has 4 nitrogen and oxygen atoms in total. The number of pyridine rings is 1. The number of hydrogen-bond donors (Lipinski definition) is 2. The van der Waals surface area contributed by atoms with Crippen LogP contribution in [0, 0.1) is 0 Å². The van der Waals surface area contributed by atoms with Crippen LogP contribution in [-0.2, 0) is 10.5 Å². The van der Waals surface area contributed by atoms with E-state index in [0.717, 1.165) is 5.56 Å². The third kappa shape index (κ3) is 1.40. The number of hydrogen-bond acceptors (Lipinski definition) is 3. The van der Waals surface area contributed by atoms with E-state index in [1.165, 1.54) is 0 Å². The van der Waals surface area contributed by atoms with E-state index in [1.54, 1.807) is 12.4 Å². The van der Waals surface area contributed by atoms with Crippen molar-refractivity contribution in [1.29, 1.82) is 0 Å². The number of amides is 1. The Kier molecular flexibility index (Phi) is 1.77.